The molecule has 1 saturated carbocycles. The zero-order valence-electron chi connectivity index (χ0n) is 32.1. The average Bonchev–Trinajstić information content (AvgIpc) is 3.52. The van der Waals surface area contributed by atoms with Crippen molar-refractivity contribution in [2.24, 2.45) is 11.8 Å². The van der Waals surface area contributed by atoms with Crippen LogP contribution in [-0.2, 0) is 51.1 Å². The van der Waals surface area contributed by atoms with E-state index in [9.17, 15) is 24.6 Å². The lowest BCUT2D eigenvalue weighted by atomic mass is 9.86. The molecule has 7 rings (SSSR count). The molecule has 4 N–H and O–H groups in total. The normalized spacial score (nSPS) is 37.6. The average molecular weight is 818 g/mol. The van der Waals surface area contributed by atoms with E-state index in [-0.39, 0.29) is 31.1 Å². The molecule has 0 bridgehead atoms. The van der Waals surface area contributed by atoms with Crippen LogP contribution in [0.4, 0.5) is 14.4 Å². The molecular formula is C40H52ClN3O13. The summed E-state index contributed by atoms with van der Waals surface area (Å²) in [6.07, 6.45) is -9.01. The van der Waals surface area contributed by atoms with Gasteiger partial charge in [0.05, 0.1) is 30.5 Å². The molecule has 0 radical (unpaired) electrons. The first kappa shape index (κ1) is 41.4. The van der Waals surface area contributed by atoms with Gasteiger partial charge >= 0.3 is 18.3 Å². The number of benzene rings is 2. The maximum absolute atomic E-state index is 13.2. The minimum atomic E-state index is -1.38. The van der Waals surface area contributed by atoms with Crippen molar-refractivity contribution in [2.45, 2.75) is 132 Å². The van der Waals surface area contributed by atoms with Gasteiger partial charge in [-0.25, -0.2) is 14.4 Å². The van der Waals surface area contributed by atoms with Gasteiger partial charge < -0.3 is 58.7 Å². The number of carbonyl (C=O) groups excluding carboxylic acids is 3. The summed E-state index contributed by atoms with van der Waals surface area (Å²) in [7, 11) is 1.56. The molecule has 57 heavy (non-hydrogen) atoms. The van der Waals surface area contributed by atoms with Crippen LogP contribution in [0.1, 0.15) is 50.7 Å². The summed E-state index contributed by atoms with van der Waals surface area (Å²) >= 11 is 6.09. The second-order valence-electron chi connectivity index (χ2n) is 15.6. The first-order chi connectivity index (χ1) is 27.5. The van der Waals surface area contributed by atoms with Crippen LogP contribution in [0.25, 0.3) is 0 Å². The Hall–Kier alpha value is -3.74. The van der Waals surface area contributed by atoms with Crippen LogP contribution in [0.15, 0.2) is 60.7 Å². The van der Waals surface area contributed by atoms with Gasteiger partial charge in [0.25, 0.3) is 0 Å². The maximum atomic E-state index is 13.2. The summed E-state index contributed by atoms with van der Waals surface area (Å²) in [5, 5.41) is 27.4. The summed E-state index contributed by atoms with van der Waals surface area (Å²) in [4.78, 5) is 40.3. The van der Waals surface area contributed by atoms with Crippen molar-refractivity contribution in [3.05, 3.63) is 71.8 Å². The second-order valence-corrected chi connectivity index (χ2v) is 15.9. The van der Waals surface area contributed by atoms with Gasteiger partial charge in [0, 0.05) is 30.8 Å². The third-order valence-corrected chi connectivity index (χ3v) is 11.9. The van der Waals surface area contributed by atoms with Crippen molar-refractivity contribution in [1.82, 2.24) is 15.5 Å². The van der Waals surface area contributed by atoms with Crippen LogP contribution in [0.3, 0.4) is 0 Å². The van der Waals surface area contributed by atoms with E-state index in [0.29, 0.717) is 25.7 Å². The largest absolute Gasteiger partial charge is 0.445 e. The summed E-state index contributed by atoms with van der Waals surface area (Å²) in [5.41, 5.74) is 1.69. The predicted octanol–water partition coefficient (Wildman–Crippen LogP) is 3.78. The number of nitrogens with zero attached hydrogens (tertiary/aromatic N) is 1. The van der Waals surface area contributed by atoms with E-state index in [1.807, 2.05) is 67.6 Å². The van der Waals surface area contributed by atoms with Crippen molar-refractivity contribution in [3.63, 3.8) is 0 Å². The third-order valence-electron chi connectivity index (χ3n) is 11.6. The molecule has 4 aliphatic heterocycles. The monoisotopic (exact) mass is 817 g/mol. The molecule has 2 aromatic carbocycles. The summed E-state index contributed by atoms with van der Waals surface area (Å²) in [5.74, 6) is -0.591. The highest BCUT2D eigenvalue weighted by atomic mass is 35.5. The van der Waals surface area contributed by atoms with E-state index in [2.05, 4.69) is 10.6 Å². The lowest BCUT2D eigenvalue weighted by Crippen LogP contribution is -2.66. The van der Waals surface area contributed by atoms with Crippen molar-refractivity contribution in [2.75, 3.05) is 12.9 Å². The lowest BCUT2D eigenvalue weighted by molar-refractivity contribution is -0.374. The Kier molecular flexibility index (Phi) is 13.4. The summed E-state index contributed by atoms with van der Waals surface area (Å²) in [6, 6.07) is 17.0. The fraction of sp³-hybridized carbons (Fsp3) is 0.625. The molecule has 5 aliphatic rings. The number of ether oxygens (including phenoxy) is 8. The molecule has 0 spiro atoms. The first-order valence-electron chi connectivity index (χ1n) is 19.6. The molecular weight excluding hydrogens is 766 g/mol. The van der Waals surface area contributed by atoms with Gasteiger partial charge in [0.1, 0.15) is 31.5 Å². The van der Waals surface area contributed by atoms with Crippen molar-refractivity contribution < 1.29 is 62.5 Å². The molecule has 312 valence electrons. The molecule has 15 atom stereocenters. The quantitative estimate of drug-likeness (QED) is 0.189. The van der Waals surface area contributed by atoms with Crippen LogP contribution in [0.5, 0.6) is 0 Å². The number of aliphatic hydroxyl groups is 2. The zero-order chi connectivity index (χ0) is 40.2. The number of alkyl halides is 1. The molecule has 4 heterocycles. The fourth-order valence-corrected chi connectivity index (χ4v) is 8.60. The third kappa shape index (κ3) is 9.60. The van der Waals surface area contributed by atoms with Crippen LogP contribution in [0.2, 0.25) is 0 Å². The topological polar surface area (TPSA) is 193 Å². The fourth-order valence-electron chi connectivity index (χ4n) is 8.25. The highest BCUT2D eigenvalue weighted by Crippen LogP contribution is 2.42. The Bertz CT molecular complexity index is 1660. The molecule has 5 fully saturated rings. The second kappa shape index (κ2) is 18.5. The molecule has 0 aromatic heterocycles. The molecule has 8 unspecified atom stereocenters. The molecule has 16 nitrogen and oxygen atoms in total. The molecule has 3 amide bonds. The van der Waals surface area contributed by atoms with Crippen LogP contribution < -0.4 is 10.6 Å². The van der Waals surface area contributed by atoms with Gasteiger partial charge in [-0.2, -0.15) is 0 Å². The first-order valence-corrected chi connectivity index (χ1v) is 20.1. The Morgan fingerprint density at radius 1 is 0.807 bits per heavy atom. The number of rotatable bonds is 11. The highest BCUT2D eigenvalue weighted by Gasteiger charge is 2.60. The number of fused-ring (bicyclic) bond motifs is 3. The van der Waals surface area contributed by atoms with Crippen LogP contribution >= 0.6 is 11.6 Å². The number of carbonyl (C=O) groups is 3. The smallest absolute Gasteiger partial charge is 0.410 e. The van der Waals surface area contributed by atoms with Gasteiger partial charge in [-0.3, -0.25) is 4.90 Å². The Morgan fingerprint density at radius 3 is 2.11 bits per heavy atom. The SMILES string of the molecule is CC1C[C@@H]2OC(O[C@H]3OC(CCl)[C@@H](C)[C@@H](O)C3O)C3C(OC(=O)N3C)C2O[C@@H]1O[C@H]1CC[C@H](NC(=O)OCc2ccccc2)CC1NC(=O)OCc1ccccc1. The number of aliphatic hydroxyl groups excluding tert-OH is 2. The molecule has 2 aromatic rings. The number of hydrogen-bond donors (Lipinski definition) is 4. The van der Waals surface area contributed by atoms with Crippen molar-refractivity contribution >= 4 is 29.9 Å². The number of halogens is 1. The number of alkyl carbamates (subject to hydrolysis) is 2. The standard InChI is InChI=1S/C40H52ClN3O13/c1-21-16-28-33(34-30(44(3)40(49)56-34)36(53-28)57-37-32(46)31(45)22(2)29(18-41)54-37)55-35(21)52-27-15-14-25(42-38(47)50-19-23-10-6-4-7-11-23)17-26(27)43-39(48)51-20-24-12-8-5-9-13-24/h4-13,21-22,25-37,45-46H,14-20H2,1-3H3,(H,42,47)(H,43,48)/t21?,22-,25+,26?,27+,28+,29?,30?,31-,32?,33?,34?,35+,36?,37-/m1/s1. The number of nitrogens with one attached hydrogen (secondary N) is 2. The van der Waals surface area contributed by atoms with E-state index in [4.69, 9.17) is 49.5 Å². The van der Waals surface area contributed by atoms with Gasteiger partial charge in [-0.1, -0.05) is 74.5 Å². The van der Waals surface area contributed by atoms with E-state index in [0.717, 1.165) is 11.1 Å². The molecule has 1 aliphatic carbocycles. The maximum Gasteiger partial charge on any atom is 0.410 e. The van der Waals surface area contributed by atoms with Crippen LogP contribution in [0, 0.1) is 11.8 Å². The van der Waals surface area contributed by atoms with Gasteiger partial charge in [0.2, 0.25) is 0 Å². The highest BCUT2D eigenvalue weighted by molar-refractivity contribution is 6.18. The van der Waals surface area contributed by atoms with Crippen molar-refractivity contribution in [3.8, 4) is 0 Å². The van der Waals surface area contributed by atoms with Gasteiger partial charge in [-0.15, -0.1) is 11.6 Å². The number of amides is 3. The number of likely N-dealkylation sites (N-methyl/N-ethyl adjacent to an activating group) is 1. The van der Waals surface area contributed by atoms with Crippen molar-refractivity contribution in [1.29, 1.82) is 0 Å². The van der Waals surface area contributed by atoms with E-state index < -0.39 is 97.9 Å². The van der Waals surface area contributed by atoms with Gasteiger partial charge in [-0.05, 0) is 36.8 Å². The minimum absolute atomic E-state index is 0.0729. The minimum Gasteiger partial charge on any atom is -0.445 e. The predicted molar refractivity (Wildman–Crippen MR) is 200 cm³/mol. The van der Waals surface area contributed by atoms with E-state index in [1.54, 1.807) is 14.0 Å². The number of hydrogen-bond acceptors (Lipinski definition) is 13. The Morgan fingerprint density at radius 2 is 1.46 bits per heavy atom. The lowest BCUT2D eigenvalue weighted by Gasteiger charge is -2.50. The molecule has 17 heteroatoms. The van der Waals surface area contributed by atoms with Crippen LogP contribution in [-0.4, -0.2) is 126 Å². The molecule has 4 saturated heterocycles. The summed E-state index contributed by atoms with van der Waals surface area (Å²) < 4.78 is 48.6. The van der Waals surface area contributed by atoms with E-state index >= 15 is 0 Å². The van der Waals surface area contributed by atoms with Gasteiger partial charge in [0.15, 0.2) is 25.0 Å². The zero-order valence-corrected chi connectivity index (χ0v) is 32.8. The Balaban J connectivity index is 1.01. The van der Waals surface area contributed by atoms with E-state index in [1.165, 1.54) is 4.90 Å². The summed E-state index contributed by atoms with van der Waals surface area (Å²) in [6.45, 7) is 3.87. The Labute approximate surface area is 336 Å².